The van der Waals surface area contributed by atoms with E-state index in [0.29, 0.717) is 37.6 Å². The smallest absolute Gasteiger partial charge is 0.339 e. The van der Waals surface area contributed by atoms with Gasteiger partial charge in [-0.2, -0.15) is 0 Å². The second kappa shape index (κ2) is 9.42. The number of esters is 1. The molecular weight excluding hydrogens is 425 g/mol. The van der Waals surface area contributed by atoms with Crippen LogP contribution in [0.2, 0.25) is 0 Å². The first-order chi connectivity index (χ1) is 14.7. The van der Waals surface area contributed by atoms with Gasteiger partial charge in [0.05, 0.1) is 17.1 Å². The summed E-state index contributed by atoms with van der Waals surface area (Å²) in [6.45, 7) is 4.98. The molecule has 2 aromatic rings. The molecule has 1 saturated heterocycles. The summed E-state index contributed by atoms with van der Waals surface area (Å²) in [4.78, 5) is 32.2. The fourth-order valence-corrected chi connectivity index (χ4v) is 4.62. The van der Waals surface area contributed by atoms with Gasteiger partial charge in [-0.15, -0.1) is 0 Å². The van der Waals surface area contributed by atoms with Crippen LogP contribution in [0, 0.1) is 5.82 Å². The zero-order chi connectivity index (χ0) is 22.6. The lowest BCUT2D eigenvalue weighted by atomic mass is 10.2. The third-order valence-electron chi connectivity index (χ3n) is 5.13. The van der Waals surface area contributed by atoms with Crippen LogP contribution in [0.15, 0.2) is 47.5 Å². The third-order valence-corrected chi connectivity index (χ3v) is 7.19. The number of pyridine rings is 1. The van der Waals surface area contributed by atoms with E-state index >= 15 is 0 Å². The van der Waals surface area contributed by atoms with Crippen molar-refractivity contribution in [3.05, 3.63) is 54.0 Å². The predicted octanol–water partition coefficient (Wildman–Crippen LogP) is 1.91. The number of piperazine rings is 1. The largest absolute Gasteiger partial charge is 0.462 e. The summed E-state index contributed by atoms with van der Waals surface area (Å²) in [5.41, 5.74) is 0.360. The van der Waals surface area contributed by atoms with Gasteiger partial charge in [0.1, 0.15) is 16.9 Å². The molecule has 0 saturated carbocycles. The van der Waals surface area contributed by atoms with Gasteiger partial charge in [-0.1, -0.05) is 0 Å². The van der Waals surface area contributed by atoms with Gasteiger partial charge in [0.25, 0.3) is 0 Å². The van der Waals surface area contributed by atoms with Crippen molar-refractivity contribution in [1.29, 1.82) is 0 Å². The van der Waals surface area contributed by atoms with Gasteiger partial charge in [0.2, 0.25) is 5.91 Å². The monoisotopic (exact) mass is 449 g/mol. The van der Waals surface area contributed by atoms with Crippen molar-refractivity contribution in [3.63, 3.8) is 0 Å². The van der Waals surface area contributed by atoms with Gasteiger partial charge in [-0.3, -0.25) is 4.79 Å². The molecule has 31 heavy (non-hydrogen) atoms. The second-order valence-corrected chi connectivity index (χ2v) is 9.35. The summed E-state index contributed by atoms with van der Waals surface area (Å²) in [5.74, 6) is -0.812. The summed E-state index contributed by atoms with van der Waals surface area (Å²) in [5, 5.41) is -1.27. The Balaban J connectivity index is 1.61. The zero-order valence-electron chi connectivity index (χ0n) is 17.3. The maximum absolute atomic E-state index is 13.1. The minimum absolute atomic E-state index is 0.0840. The molecule has 0 N–H and O–H groups in total. The topological polar surface area (TPSA) is 96.9 Å². The van der Waals surface area contributed by atoms with Crippen LogP contribution in [0.25, 0.3) is 0 Å². The van der Waals surface area contributed by atoms with Crippen molar-refractivity contribution in [2.75, 3.05) is 37.7 Å². The van der Waals surface area contributed by atoms with Crippen LogP contribution in [-0.2, 0) is 19.4 Å². The number of rotatable bonds is 6. The summed E-state index contributed by atoms with van der Waals surface area (Å²) >= 11 is 0. The summed E-state index contributed by atoms with van der Waals surface area (Å²) < 4.78 is 43.5. The van der Waals surface area contributed by atoms with Crippen LogP contribution < -0.4 is 4.90 Å². The van der Waals surface area contributed by atoms with E-state index in [-0.39, 0.29) is 11.5 Å². The highest BCUT2D eigenvalue weighted by Crippen LogP contribution is 2.20. The number of carbonyl (C=O) groups excluding carboxylic acids is 2. The standard InChI is InChI=1S/C21H24FN3O5S/c1-3-30-21(27)16-4-9-19(23-14-16)24-10-12-25(13-11-24)20(26)15(2)31(28,29)18-7-5-17(22)6-8-18/h4-9,14-15H,3,10-13H2,1-2H3. The van der Waals surface area contributed by atoms with E-state index < -0.39 is 32.8 Å². The molecule has 0 aliphatic carbocycles. The molecule has 1 fully saturated rings. The maximum atomic E-state index is 13.1. The Labute approximate surface area is 180 Å². The SMILES string of the molecule is CCOC(=O)c1ccc(N2CCN(C(=O)C(C)S(=O)(=O)c3ccc(F)cc3)CC2)nc1. The quantitative estimate of drug-likeness (QED) is 0.491. The number of amides is 1. The number of sulfone groups is 1. The first kappa shape index (κ1) is 22.7. The van der Waals surface area contributed by atoms with Crippen LogP contribution in [0.1, 0.15) is 24.2 Å². The molecule has 3 rings (SSSR count). The van der Waals surface area contributed by atoms with Crippen molar-refractivity contribution < 1.29 is 27.1 Å². The third kappa shape index (κ3) is 5.01. The summed E-state index contributed by atoms with van der Waals surface area (Å²) in [7, 11) is -3.92. The van der Waals surface area contributed by atoms with Crippen molar-refractivity contribution in [2.45, 2.75) is 24.0 Å². The Hall–Kier alpha value is -3.01. The molecule has 1 unspecified atom stereocenters. The Bertz CT molecular complexity index is 1030. The second-order valence-electron chi connectivity index (χ2n) is 7.08. The number of carbonyl (C=O) groups is 2. The average molecular weight is 450 g/mol. The lowest BCUT2D eigenvalue weighted by Gasteiger charge is -2.36. The van der Waals surface area contributed by atoms with Gasteiger partial charge in [-0.05, 0) is 50.2 Å². The van der Waals surface area contributed by atoms with E-state index in [1.165, 1.54) is 18.0 Å². The average Bonchev–Trinajstić information content (AvgIpc) is 2.79. The molecule has 1 aliphatic heterocycles. The highest BCUT2D eigenvalue weighted by Gasteiger charge is 2.34. The molecule has 1 amide bonds. The van der Waals surface area contributed by atoms with Crippen molar-refractivity contribution in [1.82, 2.24) is 9.88 Å². The molecule has 0 radical (unpaired) electrons. The minimum Gasteiger partial charge on any atom is -0.462 e. The van der Waals surface area contributed by atoms with Gasteiger partial charge in [0.15, 0.2) is 9.84 Å². The number of halogens is 1. The number of aromatic nitrogens is 1. The molecular formula is C21H24FN3O5S. The Kier molecular flexibility index (Phi) is 6.89. The highest BCUT2D eigenvalue weighted by atomic mass is 32.2. The number of hydrogen-bond acceptors (Lipinski definition) is 7. The minimum atomic E-state index is -3.92. The van der Waals surface area contributed by atoms with Crippen LogP contribution in [0.5, 0.6) is 0 Å². The van der Waals surface area contributed by atoms with E-state index in [0.717, 1.165) is 24.3 Å². The Morgan fingerprint density at radius 3 is 2.29 bits per heavy atom. The van der Waals surface area contributed by atoms with Crippen molar-refractivity contribution in [3.8, 4) is 0 Å². The fourth-order valence-electron chi connectivity index (χ4n) is 3.28. The van der Waals surface area contributed by atoms with Crippen molar-refractivity contribution >= 4 is 27.5 Å². The molecule has 1 aromatic carbocycles. The first-order valence-corrected chi connectivity index (χ1v) is 11.4. The molecule has 1 aromatic heterocycles. The number of benzene rings is 1. The lowest BCUT2D eigenvalue weighted by Crippen LogP contribution is -2.52. The summed E-state index contributed by atoms with van der Waals surface area (Å²) in [6.07, 6.45) is 1.45. The van der Waals surface area contributed by atoms with Crippen molar-refractivity contribution in [2.24, 2.45) is 0 Å². The lowest BCUT2D eigenvalue weighted by molar-refractivity contribution is -0.130. The first-order valence-electron chi connectivity index (χ1n) is 9.90. The Morgan fingerprint density at radius 1 is 1.10 bits per heavy atom. The fraction of sp³-hybridized carbons (Fsp3) is 0.381. The van der Waals surface area contributed by atoms with E-state index in [2.05, 4.69) is 4.98 Å². The molecule has 1 aliphatic rings. The van der Waals surface area contributed by atoms with E-state index in [4.69, 9.17) is 4.74 Å². The van der Waals surface area contributed by atoms with Gasteiger partial charge in [0, 0.05) is 32.4 Å². The molecule has 1 atom stereocenters. The van der Waals surface area contributed by atoms with Crippen LogP contribution in [0.4, 0.5) is 10.2 Å². The van der Waals surface area contributed by atoms with E-state index in [1.54, 1.807) is 19.1 Å². The number of ether oxygens (including phenoxy) is 1. The maximum Gasteiger partial charge on any atom is 0.339 e. The van der Waals surface area contributed by atoms with E-state index in [1.807, 2.05) is 4.90 Å². The number of anilines is 1. The van der Waals surface area contributed by atoms with Crippen LogP contribution in [0.3, 0.4) is 0 Å². The molecule has 8 nitrogen and oxygen atoms in total. The normalized spacial score (nSPS) is 15.5. The molecule has 2 heterocycles. The molecule has 10 heteroatoms. The number of nitrogens with zero attached hydrogens (tertiary/aromatic N) is 3. The van der Waals surface area contributed by atoms with Gasteiger partial charge >= 0.3 is 5.97 Å². The van der Waals surface area contributed by atoms with Crippen LogP contribution in [-0.4, -0.2) is 68.2 Å². The Morgan fingerprint density at radius 2 is 1.74 bits per heavy atom. The number of hydrogen-bond donors (Lipinski definition) is 0. The van der Waals surface area contributed by atoms with Crippen LogP contribution >= 0.6 is 0 Å². The molecule has 0 bridgehead atoms. The summed E-state index contributed by atoms with van der Waals surface area (Å²) in [6, 6.07) is 7.79. The van der Waals surface area contributed by atoms with Gasteiger partial charge in [-0.25, -0.2) is 22.6 Å². The predicted molar refractivity (Wildman–Crippen MR) is 112 cm³/mol. The highest BCUT2D eigenvalue weighted by molar-refractivity contribution is 7.92. The zero-order valence-corrected chi connectivity index (χ0v) is 18.1. The molecule has 166 valence electrons. The van der Waals surface area contributed by atoms with Gasteiger partial charge < -0.3 is 14.5 Å². The molecule has 0 spiro atoms. The van der Waals surface area contributed by atoms with E-state index in [9.17, 15) is 22.4 Å².